The highest BCUT2D eigenvalue weighted by atomic mass is 16.2. The fourth-order valence-electron chi connectivity index (χ4n) is 4.91. The largest absolute Gasteiger partial charge is 0.328 e. The van der Waals surface area contributed by atoms with Gasteiger partial charge in [-0.2, -0.15) is 0 Å². The molecule has 1 amide bonds. The molecular formula is C30H31N3O2. The van der Waals surface area contributed by atoms with Crippen molar-refractivity contribution in [3.8, 4) is 5.69 Å². The molecular weight excluding hydrogens is 434 g/mol. The van der Waals surface area contributed by atoms with Crippen LogP contribution in [0.5, 0.6) is 0 Å². The Bertz CT molecular complexity index is 1410. The molecule has 0 radical (unpaired) electrons. The minimum atomic E-state index is -0.384. The van der Waals surface area contributed by atoms with Crippen LogP contribution in [0.1, 0.15) is 56.1 Å². The average Bonchev–Trinajstić information content (AvgIpc) is 2.86. The van der Waals surface area contributed by atoms with Gasteiger partial charge < -0.3 is 4.90 Å². The molecule has 5 heteroatoms. The molecule has 1 atom stereocenters. The van der Waals surface area contributed by atoms with Crippen molar-refractivity contribution < 1.29 is 4.79 Å². The first kappa shape index (κ1) is 23.0. The number of fused-ring (bicyclic) bond motifs is 1. The molecule has 1 fully saturated rings. The third-order valence-corrected chi connectivity index (χ3v) is 7.19. The molecule has 0 spiro atoms. The second kappa shape index (κ2) is 9.87. The molecule has 1 saturated carbocycles. The van der Waals surface area contributed by atoms with Crippen LogP contribution in [-0.4, -0.2) is 20.4 Å². The standard InChI is InChI=1S/C30H31N3O2/c1-3-23-14-7-10-19-27(23)33-28(31-26-18-9-8-17-25(26)30(33)35)21(2)32(29(34)24-15-11-16-24)20-22-12-5-4-6-13-22/h4-10,12-14,17-19,21,24H,3,11,15-16,20H2,1-2H3. The average molecular weight is 466 g/mol. The van der Waals surface area contributed by atoms with Gasteiger partial charge >= 0.3 is 0 Å². The zero-order chi connectivity index (χ0) is 24.4. The minimum absolute atomic E-state index is 0.0460. The van der Waals surface area contributed by atoms with Gasteiger partial charge in [-0.15, -0.1) is 0 Å². The number of amides is 1. The lowest BCUT2D eigenvalue weighted by molar-refractivity contribution is -0.141. The lowest BCUT2D eigenvalue weighted by Gasteiger charge is -2.36. The second-order valence-electron chi connectivity index (χ2n) is 9.37. The van der Waals surface area contributed by atoms with Gasteiger partial charge in [0.25, 0.3) is 5.56 Å². The van der Waals surface area contributed by atoms with Crippen LogP contribution in [0, 0.1) is 5.92 Å². The van der Waals surface area contributed by atoms with Crippen molar-refractivity contribution in [2.45, 2.75) is 52.1 Å². The quantitative estimate of drug-likeness (QED) is 0.345. The maximum absolute atomic E-state index is 13.9. The van der Waals surface area contributed by atoms with Crippen LogP contribution in [0.15, 0.2) is 83.7 Å². The normalized spacial score (nSPS) is 14.5. The van der Waals surface area contributed by atoms with E-state index in [0.29, 0.717) is 23.3 Å². The van der Waals surface area contributed by atoms with E-state index in [1.807, 2.05) is 90.7 Å². The van der Waals surface area contributed by atoms with Crippen molar-refractivity contribution in [2.75, 3.05) is 0 Å². The van der Waals surface area contributed by atoms with Crippen molar-refractivity contribution in [3.63, 3.8) is 0 Å². The van der Waals surface area contributed by atoms with Gasteiger partial charge in [-0.1, -0.05) is 74.0 Å². The fourth-order valence-corrected chi connectivity index (χ4v) is 4.91. The molecule has 35 heavy (non-hydrogen) atoms. The van der Waals surface area contributed by atoms with E-state index in [-0.39, 0.29) is 23.4 Å². The molecule has 0 saturated heterocycles. The summed E-state index contributed by atoms with van der Waals surface area (Å²) in [5, 5.41) is 0.578. The number of para-hydroxylation sites is 2. The Balaban J connectivity index is 1.70. The molecule has 1 aromatic heterocycles. The Morgan fingerprint density at radius 2 is 1.69 bits per heavy atom. The zero-order valence-corrected chi connectivity index (χ0v) is 20.4. The van der Waals surface area contributed by atoms with E-state index in [1.54, 1.807) is 4.57 Å². The van der Waals surface area contributed by atoms with Crippen LogP contribution in [0.3, 0.4) is 0 Å². The molecule has 5 rings (SSSR count). The second-order valence-corrected chi connectivity index (χ2v) is 9.37. The number of carbonyl (C=O) groups is 1. The van der Waals surface area contributed by atoms with Crippen molar-refractivity contribution in [1.82, 2.24) is 14.5 Å². The van der Waals surface area contributed by atoms with Gasteiger partial charge in [0, 0.05) is 12.5 Å². The summed E-state index contributed by atoms with van der Waals surface area (Å²) in [6.45, 7) is 4.57. The maximum Gasteiger partial charge on any atom is 0.266 e. The number of benzene rings is 3. The number of hydrogen-bond acceptors (Lipinski definition) is 3. The minimum Gasteiger partial charge on any atom is -0.328 e. The molecule has 1 aliphatic carbocycles. The van der Waals surface area contributed by atoms with Gasteiger partial charge in [-0.25, -0.2) is 4.98 Å². The Hall–Kier alpha value is -3.73. The monoisotopic (exact) mass is 465 g/mol. The molecule has 3 aromatic carbocycles. The highest BCUT2D eigenvalue weighted by molar-refractivity contribution is 5.81. The fraction of sp³-hybridized carbons (Fsp3) is 0.300. The van der Waals surface area contributed by atoms with Gasteiger partial charge in [-0.05, 0) is 55.5 Å². The molecule has 1 heterocycles. The van der Waals surface area contributed by atoms with Gasteiger partial charge in [0.1, 0.15) is 5.82 Å². The molecule has 0 N–H and O–H groups in total. The van der Waals surface area contributed by atoms with E-state index in [4.69, 9.17) is 4.98 Å². The zero-order valence-electron chi connectivity index (χ0n) is 20.4. The third kappa shape index (κ3) is 4.39. The van der Waals surface area contributed by atoms with E-state index in [0.717, 1.165) is 42.5 Å². The molecule has 1 aliphatic rings. The smallest absolute Gasteiger partial charge is 0.266 e. The first-order valence-electron chi connectivity index (χ1n) is 12.5. The van der Waals surface area contributed by atoms with Crippen LogP contribution in [0.25, 0.3) is 16.6 Å². The summed E-state index contributed by atoms with van der Waals surface area (Å²) in [5.41, 5.74) is 3.51. The summed E-state index contributed by atoms with van der Waals surface area (Å²) in [6, 6.07) is 25.1. The molecule has 0 aliphatic heterocycles. The van der Waals surface area contributed by atoms with E-state index in [1.165, 1.54) is 0 Å². The first-order chi connectivity index (χ1) is 17.1. The number of aromatic nitrogens is 2. The summed E-state index contributed by atoms with van der Waals surface area (Å²) < 4.78 is 1.73. The third-order valence-electron chi connectivity index (χ3n) is 7.19. The first-order valence-corrected chi connectivity index (χ1v) is 12.5. The topological polar surface area (TPSA) is 55.2 Å². The summed E-state index contributed by atoms with van der Waals surface area (Å²) in [7, 11) is 0. The van der Waals surface area contributed by atoms with E-state index >= 15 is 0 Å². The molecule has 178 valence electrons. The predicted molar refractivity (Wildman–Crippen MR) is 139 cm³/mol. The van der Waals surface area contributed by atoms with Crippen molar-refractivity contribution >= 4 is 16.8 Å². The van der Waals surface area contributed by atoms with Crippen molar-refractivity contribution in [3.05, 3.63) is 106 Å². The number of carbonyl (C=O) groups excluding carboxylic acids is 1. The molecule has 5 nitrogen and oxygen atoms in total. The Kier molecular flexibility index (Phi) is 6.49. The molecule has 4 aromatic rings. The Morgan fingerprint density at radius 1 is 1.00 bits per heavy atom. The SMILES string of the molecule is CCc1ccccc1-n1c(C(C)N(Cc2ccccc2)C(=O)C2CCC2)nc2ccccc2c1=O. The molecule has 0 bridgehead atoms. The van der Waals surface area contributed by atoms with Crippen LogP contribution in [-0.2, 0) is 17.8 Å². The van der Waals surface area contributed by atoms with Crippen LogP contribution in [0.2, 0.25) is 0 Å². The van der Waals surface area contributed by atoms with Crippen LogP contribution in [0.4, 0.5) is 0 Å². The van der Waals surface area contributed by atoms with E-state index in [2.05, 4.69) is 6.92 Å². The van der Waals surface area contributed by atoms with Gasteiger partial charge in [0.15, 0.2) is 0 Å². The Labute approximate surface area is 206 Å². The summed E-state index contributed by atoms with van der Waals surface area (Å²) in [4.78, 5) is 34.5. The maximum atomic E-state index is 13.9. The summed E-state index contributed by atoms with van der Waals surface area (Å²) >= 11 is 0. The predicted octanol–water partition coefficient (Wildman–Crippen LogP) is 5.84. The number of rotatable bonds is 7. The van der Waals surface area contributed by atoms with Gasteiger partial charge in [0.2, 0.25) is 5.91 Å². The lowest BCUT2D eigenvalue weighted by Crippen LogP contribution is -2.42. The van der Waals surface area contributed by atoms with Gasteiger partial charge in [-0.3, -0.25) is 14.2 Å². The number of hydrogen-bond donors (Lipinski definition) is 0. The Morgan fingerprint density at radius 3 is 2.40 bits per heavy atom. The highest BCUT2D eigenvalue weighted by Crippen LogP contribution is 2.33. The van der Waals surface area contributed by atoms with Crippen LogP contribution < -0.4 is 5.56 Å². The summed E-state index contributed by atoms with van der Waals surface area (Å²) in [5.74, 6) is 0.785. The molecule has 1 unspecified atom stereocenters. The summed E-state index contributed by atoms with van der Waals surface area (Å²) in [6.07, 6.45) is 3.73. The van der Waals surface area contributed by atoms with Crippen molar-refractivity contribution in [2.24, 2.45) is 5.92 Å². The van der Waals surface area contributed by atoms with Crippen LogP contribution >= 0.6 is 0 Å². The van der Waals surface area contributed by atoms with E-state index < -0.39 is 0 Å². The van der Waals surface area contributed by atoms with Gasteiger partial charge in [0.05, 0.1) is 22.6 Å². The van der Waals surface area contributed by atoms with Crippen molar-refractivity contribution in [1.29, 1.82) is 0 Å². The van der Waals surface area contributed by atoms with E-state index in [9.17, 15) is 9.59 Å². The number of aryl methyl sites for hydroxylation is 1. The lowest BCUT2D eigenvalue weighted by atomic mass is 9.84. The number of nitrogens with zero attached hydrogens (tertiary/aromatic N) is 3. The highest BCUT2D eigenvalue weighted by Gasteiger charge is 2.34.